The van der Waals surface area contributed by atoms with E-state index in [4.69, 9.17) is 11.6 Å². The fraction of sp³-hybridized carbons (Fsp3) is 0.227. The minimum absolute atomic E-state index is 0.0813. The molecule has 28 heavy (non-hydrogen) atoms. The van der Waals surface area contributed by atoms with Gasteiger partial charge in [-0.2, -0.15) is 0 Å². The zero-order valence-electron chi connectivity index (χ0n) is 15.9. The maximum atomic E-state index is 13.1. The molecular weight excluding hydrogens is 376 g/mol. The summed E-state index contributed by atoms with van der Waals surface area (Å²) in [5.41, 5.74) is 4.91. The van der Waals surface area contributed by atoms with Crippen molar-refractivity contribution in [2.45, 2.75) is 27.2 Å². The second-order valence-corrected chi connectivity index (χ2v) is 7.43. The van der Waals surface area contributed by atoms with Crippen molar-refractivity contribution in [2.75, 3.05) is 6.54 Å². The minimum atomic E-state index is -0.289. The number of hydrogen-bond donors (Lipinski definition) is 0. The lowest BCUT2D eigenvalue weighted by molar-refractivity contribution is -0.142. The van der Waals surface area contributed by atoms with Gasteiger partial charge in [-0.25, -0.2) is 0 Å². The Labute approximate surface area is 167 Å². The summed E-state index contributed by atoms with van der Waals surface area (Å²) in [4.78, 5) is 38.0. The summed E-state index contributed by atoms with van der Waals surface area (Å²) < 4.78 is 1.72. The van der Waals surface area contributed by atoms with E-state index in [1.807, 2.05) is 43.3 Å². The summed E-state index contributed by atoms with van der Waals surface area (Å²) >= 11 is 6.35. The van der Waals surface area contributed by atoms with Crippen LogP contribution in [0.1, 0.15) is 35.3 Å². The standard InChI is InChI=1S/C22H19ClN2O3/c1-12-19(23)9-8-16-17(10-11-24(13(2)26)14(3)27)21-15-6-4-5-7-18(15)22(28)25(21)20(12)16/h4-9H,10-11H2,1-3H3. The molecule has 0 unspecified atom stereocenters. The molecule has 2 aromatic carbocycles. The number of aryl methyl sites for hydroxylation is 1. The smallest absolute Gasteiger partial charge is 0.263 e. The topological polar surface area (TPSA) is 59.4 Å². The van der Waals surface area contributed by atoms with Crippen LogP contribution in [0.5, 0.6) is 0 Å². The van der Waals surface area contributed by atoms with Gasteiger partial charge in [0.25, 0.3) is 5.91 Å². The lowest BCUT2D eigenvalue weighted by Crippen LogP contribution is -2.35. The Kier molecular flexibility index (Phi) is 4.35. The van der Waals surface area contributed by atoms with Crippen molar-refractivity contribution in [1.29, 1.82) is 0 Å². The molecule has 0 saturated carbocycles. The highest BCUT2D eigenvalue weighted by atomic mass is 35.5. The molecule has 0 spiro atoms. The molecule has 0 radical (unpaired) electrons. The van der Waals surface area contributed by atoms with Crippen molar-refractivity contribution < 1.29 is 14.4 Å². The van der Waals surface area contributed by atoms with E-state index in [2.05, 4.69) is 0 Å². The van der Waals surface area contributed by atoms with E-state index in [-0.39, 0.29) is 24.3 Å². The number of imide groups is 1. The number of carbonyl (C=O) groups excluding carboxylic acids is 3. The van der Waals surface area contributed by atoms with Crippen molar-refractivity contribution in [3.05, 3.63) is 58.1 Å². The third kappa shape index (κ3) is 2.58. The van der Waals surface area contributed by atoms with Crippen LogP contribution in [0.3, 0.4) is 0 Å². The van der Waals surface area contributed by atoms with Crippen LogP contribution >= 0.6 is 11.6 Å². The fourth-order valence-electron chi connectivity index (χ4n) is 4.08. The van der Waals surface area contributed by atoms with Gasteiger partial charge in [0.1, 0.15) is 0 Å². The van der Waals surface area contributed by atoms with E-state index in [0.717, 1.165) is 33.3 Å². The lowest BCUT2D eigenvalue weighted by atomic mass is 9.99. The number of halogens is 1. The third-order valence-electron chi connectivity index (χ3n) is 5.38. The number of fused-ring (bicyclic) bond motifs is 5. The van der Waals surface area contributed by atoms with Crippen LogP contribution in [-0.2, 0) is 16.0 Å². The SMILES string of the molecule is CC(=O)N(CCc1c2n(c3c(C)c(Cl)ccc13)C(=O)c1ccccc1-2)C(C)=O. The number of nitrogens with zero attached hydrogens (tertiary/aromatic N) is 2. The first-order valence-corrected chi connectivity index (χ1v) is 9.46. The van der Waals surface area contributed by atoms with Gasteiger partial charge in [0, 0.05) is 41.9 Å². The molecule has 0 fully saturated rings. The average Bonchev–Trinajstić information content (AvgIpc) is 3.12. The van der Waals surface area contributed by atoms with Crippen molar-refractivity contribution in [1.82, 2.24) is 9.47 Å². The molecule has 4 rings (SSSR count). The van der Waals surface area contributed by atoms with Crippen molar-refractivity contribution in [3.8, 4) is 11.3 Å². The monoisotopic (exact) mass is 394 g/mol. The van der Waals surface area contributed by atoms with Gasteiger partial charge in [0.15, 0.2) is 0 Å². The molecule has 1 aromatic heterocycles. The number of carbonyl (C=O) groups is 3. The van der Waals surface area contributed by atoms with E-state index in [0.29, 0.717) is 17.0 Å². The zero-order valence-corrected chi connectivity index (χ0v) is 16.6. The van der Waals surface area contributed by atoms with Crippen LogP contribution in [0.4, 0.5) is 0 Å². The predicted molar refractivity (Wildman–Crippen MR) is 109 cm³/mol. The summed E-state index contributed by atoms with van der Waals surface area (Å²) in [6, 6.07) is 11.2. The molecule has 0 bridgehead atoms. The Hall–Kier alpha value is -2.92. The van der Waals surface area contributed by atoms with E-state index >= 15 is 0 Å². The maximum Gasteiger partial charge on any atom is 0.263 e. The summed E-state index contributed by atoms with van der Waals surface area (Å²) in [6.45, 7) is 4.92. The molecule has 3 aromatic rings. The summed E-state index contributed by atoms with van der Waals surface area (Å²) in [6.07, 6.45) is 0.459. The second-order valence-electron chi connectivity index (χ2n) is 7.02. The van der Waals surface area contributed by atoms with Gasteiger partial charge >= 0.3 is 0 Å². The molecule has 2 amide bonds. The van der Waals surface area contributed by atoms with Gasteiger partial charge < -0.3 is 0 Å². The normalized spacial score (nSPS) is 12.2. The van der Waals surface area contributed by atoms with E-state index in [1.54, 1.807) is 4.57 Å². The molecular formula is C22H19ClN2O3. The Morgan fingerprint density at radius 2 is 1.68 bits per heavy atom. The van der Waals surface area contributed by atoms with Crippen LogP contribution in [0, 0.1) is 6.92 Å². The number of aromatic nitrogens is 1. The van der Waals surface area contributed by atoms with Gasteiger partial charge in [-0.3, -0.25) is 23.9 Å². The second kappa shape index (κ2) is 6.60. The molecule has 2 heterocycles. The van der Waals surface area contributed by atoms with Gasteiger partial charge in [-0.05, 0) is 36.6 Å². The quantitative estimate of drug-likeness (QED) is 0.523. The van der Waals surface area contributed by atoms with E-state index in [9.17, 15) is 14.4 Å². The third-order valence-corrected chi connectivity index (χ3v) is 5.79. The van der Waals surface area contributed by atoms with Gasteiger partial charge in [0.05, 0.1) is 11.2 Å². The molecule has 6 heteroatoms. The molecule has 0 N–H and O–H groups in total. The highest BCUT2D eigenvalue weighted by Crippen LogP contribution is 2.43. The predicted octanol–water partition coefficient (Wildman–Crippen LogP) is 4.21. The van der Waals surface area contributed by atoms with E-state index < -0.39 is 0 Å². The van der Waals surface area contributed by atoms with Gasteiger partial charge in [0.2, 0.25) is 11.8 Å². The van der Waals surface area contributed by atoms with Gasteiger partial charge in [-0.1, -0.05) is 35.9 Å². The molecule has 1 aliphatic heterocycles. The highest BCUT2D eigenvalue weighted by molar-refractivity contribution is 6.32. The van der Waals surface area contributed by atoms with Crippen molar-refractivity contribution in [3.63, 3.8) is 0 Å². The molecule has 1 aliphatic rings. The number of amides is 2. The largest absolute Gasteiger partial charge is 0.283 e. The van der Waals surface area contributed by atoms with Crippen LogP contribution < -0.4 is 0 Å². The summed E-state index contributed by atoms with van der Waals surface area (Å²) in [5.74, 6) is -0.658. The molecule has 0 saturated heterocycles. The highest BCUT2D eigenvalue weighted by Gasteiger charge is 2.33. The van der Waals surface area contributed by atoms with Crippen LogP contribution in [0.2, 0.25) is 5.02 Å². The average molecular weight is 395 g/mol. The van der Waals surface area contributed by atoms with E-state index in [1.165, 1.54) is 18.7 Å². The van der Waals surface area contributed by atoms with Crippen LogP contribution in [0.15, 0.2) is 36.4 Å². The first kappa shape index (κ1) is 18.4. The Bertz CT molecular complexity index is 1160. The summed E-state index contributed by atoms with van der Waals surface area (Å²) in [5, 5.41) is 1.52. The number of rotatable bonds is 3. The minimum Gasteiger partial charge on any atom is -0.283 e. The van der Waals surface area contributed by atoms with Crippen LogP contribution in [0.25, 0.3) is 22.2 Å². The molecule has 5 nitrogen and oxygen atoms in total. The maximum absolute atomic E-state index is 13.1. The lowest BCUT2D eigenvalue weighted by Gasteiger charge is -2.17. The fourth-order valence-corrected chi connectivity index (χ4v) is 4.23. The Morgan fingerprint density at radius 1 is 1.04 bits per heavy atom. The van der Waals surface area contributed by atoms with Gasteiger partial charge in [-0.15, -0.1) is 0 Å². The first-order chi connectivity index (χ1) is 13.3. The number of hydrogen-bond acceptors (Lipinski definition) is 3. The van der Waals surface area contributed by atoms with Crippen molar-refractivity contribution >= 4 is 40.2 Å². The molecule has 0 aliphatic carbocycles. The Morgan fingerprint density at radius 3 is 2.32 bits per heavy atom. The zero-order chi connectivity index (χ0) is 20.2. The summed E-state index contributed by atoms with van der Waals surface area (Å²) in [7, 11) is 0. The first-order valence-electron chi connectivity index (χ1n) is 9.08. The molecule has 142 valence electrons. The Balaban J connectivity index is 1.95. The molecule has 0 atom stereocenters. The van der Waals surface area contributed by atoms with Crippen LogP contribution in [-0.4, -0.2) is 33.7 Å². The number of benzene rings is 2. The van der Waals surface area contributed by atoms with Crippen molar-refractivity contribution in [2.24, 2.45) is 0 Å².